The smallest absolute Gasteiger partial charge is 0.287 e. The van der Waals surface area contributed by atoms with Gasteiger partial charge in [0.25, 0.3) is 17.4 Å². The quantitative estimate of drug-likeness (QED) is 0.716. The molecule has 6 nitrogen and oxygen atoms in total. The van der Waals surface area contributed by atoms with Gasteiger partial charge in [-0.2, -0.15) is 8.78 Å². The van der Waals surface area contributed by atoms with Crippen LogP contribution >= 0.6 is 0 Å². The summed E-state index contributed by atoms with van der Waals surface area (Å²) in [5.41, 5.74) is -0.334. The van der Waals surface area contributed by atoms with E-state index in [1.165, 1.54) is 10.6 Å². The van der Waals surface area contributed by atoms with Crippen LogP contribution in [-0.4, -0.2) is 44.0 Å². The highest BCUT2D eigenvalue weighted by molar-refractivity contribution is 5.95. The standard InChI is InChI=1S/C22H21F2N3O3/c1-21(30)9-11-26(13-21)20(29)15-7-5-14(6-8-15)16-4-3-10-27-18(28)12-17(22(2,23)24)25-19(16)27/h3-8,10,12,30H,9,11,13H2,1-2H3. The first-order valence-corrected chi connectivity index (χ1v) is 9.58. The summed E-state index contributed by atoms with van der Waals surface area (Å²) in [6, 6.07) is 10.8. The first-order chi connectivity index (χ1) is 14.0. The molecule has 1 amide bonds. The molecule has 1 unspecified atom stereocenters. The lowest BCUT2D eigenvalue weighted by atomic mass is 10.0. The van der Waals surface area contributed by atoms with E-state index in [9.17, 15) is 23.5 Å². The summed E-state index contributed by atoms with van der Waals surface area (Å²) in [5.74, 6) is -3.42. The molecule has 4 rings (SSSR count). The van der Waals surface area contributed by atoms with Gasteiger partial charge in [-0.1, -0.05) is 12.1 Å². The number of carbonyl (C=O) groups excluding carboxylic acids is 1. The number of carbonyl (C=O) groups is 1. The van der Waals surface area contributed by atoms with Crippen LogP contribution in [0.25, 0.3) is 16.8 Å². The van der Waals surface area contributed by atoms with E-state index in [1.54, 1.807) is 48.2 Å². The lowest BCUT2D eigenvalue weighted by Gasteiger charge is -2.19. The largest absolute Gasteiger partial charge is 0.388 e. The molecular weight excluding hydrogens is 392 g/mol. The molecule has 0 spiro atoms. The highest BCUT2D eigenvalue weighted by Crippen LogP contribution is 2.28. The summed E-state index contributed by atoms with van der Waals surface area (Å²) < 4.78 is 28.8. The normalized spacial score (nSPS) is 19.4. The molecule has 1 fully saturated rings. The van der Waals surface area contributed by atoms with E-state index < -0.39 is 22.8 Å². The van der Waals surface area contributed by atoms with Crippen molar-refractivity contribution in [2.75, 3.05) is 13.1 Å². The second-order valence-corrected chi connectivity index (χ2v) is 8.03. The van der Waals surface area contributed by atoms with Crippen LogP contribution in [0.4, 0.5) is 8.78 Å². The highest BCUT2D eigenvalue weighted by Gasteiger charge is 2.34. The van der Waals surface area contributed by atoms with Crippen molar-refractivity contribution in [2.45, 2.75) is 31.8 Å². The summed E-state index contributed by atoms with van der Waals surface area (Å²) >= 11 is 0. The lowest BCUT2D eigenvalue weighted by Crippen LogP contribution is -2.33. The number of β-amino-alcohol motifs (C(OH)–C–C–N with tert-alkyl or cyclic N) is 1. The minimum absolute atomic E-state index is 0.121. The first-order valence-electron chi connectivity index (χ1n) is 9.58. The maximum absolute atomic E-state index is 13.8. The third-order valence-electron chi connectivity index (χ3n) is 5.32. The Morgan fingerprint density at radius 3 is 2.53 bits per heavy atom. The molecule has 1 N–H and O–H groups in total. The Morgan fingerprint density at radius 1 is 1.23 bits per heavy atom. The SMILES string of the molecule is CC1(O)CCN(C(=O)c2ccc(-c3cccn4c(=O)cc(C(C)(F)F)nc34)cc2)C1. The first kappa shape index (κ1) is 20.2. The van der Waals surface area contributed by atoms with Gasteiger partial charge in [-0.05, 0) is 43.2 Å². The van der Waals surface area contributed by atoms with Gasteiger partial charge < -0.3 is 10.0 Å². The number of aliphatic hydroxyl groups is 1. The Kier molecular flexibility index (Phi) is 4.69. The van der Waals surface area contributed by atoms with Crippen molar-refractivity contribution in [1.82, 2.24) is 14.3 Å². The minimum atomic E-state index is -3.24. The van der Waals surface area contributed by atoms with Crippen LogP contribution in [0.1, 0.15) is 36.3 Å². The molecule has 3 aromatic rings. The predicted molar refractivity (Wildman–Crippen MR) is 108 cm³/mol. The molecular formula is C22H21F2N3O3. The number of fused-ring (bicyclic) bond motifs is 1. The average molecular weight is 413 g/mol. The number of pyridine rings is 1. The van der Waals surface area contributed by atoms with Crippen molar-refractivity contribution < 1.29 is 18.7 Å². The molecule has 1 aliphatic rings. The number of likely N-dealkylation sites (tertiary alicyclic amines) is 1. The number of rotatable bonds is 3. The van der Waals surface area contributed by atoms with Gasteiger partial charge in [0.2, 0.25) is 0 Å². The van der Waals surface area contributed by atoms with Crippen LogP contribution in [0, 0.1) is 0 Å². The number of nitrogens with zero attached hydrogens (tertiary/aromatic N) is 3. The van der Waals surface area contributed by atoms with E-state index >= 15 is 0 Å². The van der Waals surface area contributed by atoms with Gasteiger partial charge in [0.15, 0.2) is 0 Å². The number of alkyl halides is 2. The average Bonchev–Trinajstić information content (AvgIpc) is 3.06. The summed E-state index contributed by atoms with van der Waals surface area (Å²) in [4.78, 5) is 30.6. The van der Waals surface area contributed by atoms with Crippen LogP contribution in [0.3, 0.4) is 0 Å². The highest BCUT2D eigenvalue weighted by atomic mass is 19.3. The van der Waals surface area contributed by atoms with E-state index in [-0.39, 0.29) is 18.1 Å². The molecule has 1 aliphatic heterocycles. The van der Waals surface area contributed by atoms with E-state index in [0.717, 1.165) is 6.07 Å². The van der Waals surface area contributed by atoms with Gasteiger partial charge in [0.1, 0.15) is 11.3 Å². The lowest BCUT2D eigenvalue weighted by molar-refractivity contribution is 0.0128. The fraction of sp³-hybridized carbons (Fsp3) is 0.318. The van der Waals surface area contributed by atoms with Gasteiger partial charge >= 0.3 is 0 Å². The zero-order valence-corrected chi connectivity index (χ0v) is 16.6. The Labute approximate surface area is 171 Å². The number of hydrogen-bond donors (Lipinski definition) is 1. The summed E-state index contributed by atoms with van der Waals surface area (Å²) in [6.07, 6.45) is 2.00. The maximum atomic E-state index is 13.8. The fourth-order valence-electron chi connectivity index (χ4n) is 3.67. The molecule has 0 bridgehead atoms. The van der Waals surface area contributed by atoms with Crippen molar-refractivity contribution >= 4 is 11.6 Å². The van der Waals surface area contributed by atoms with Crippen molar-refractivity contribution in [3.05, 3.63) is 70.3 Å². The minimum Gasteiger partial charge on any atom is -0.388 e. The van der Waals surface area contributed by atoms with Crippen molar-refractivity contribution in [3.8, 4) is 11.1 Å². The topological polar surface area (TPSA) is 74.9 Å². The third kappa shape index (κ3) is 3.70. The molecule has 8 heteroatoms. The molecule has 2 aromatic heterocycles. The van der Waals surface area contributed by atoms with E-state index in [1.807, 2.05) is 0 Å². The number of benzene rings is 1. The molecule has 1 saturated heterocycles. The van der Waals surface area contributed by atoms with Crippen LogP contribution in [0.15, 0.2) is 53.5 Å². The van der Waals surface area contributed by atoms with Crippen molar-refractivity contribution in [1.29, 1.82) is 0 Å². The number of hydrogen-bond acceptors (Lipinski definition) is 4. The van der Waals surface area contributed by atoms with Crippen LogP contribution in [0.2, 0.25) is 0 Å². The zero-order chi connectivity index (χ0) is 21.7. The van der Waals surface area contributed by atoms with Crippen molar-refractivity contribution in [3.63, 3.8) is 0 Å². The number of amides is 1. The fourth-order valence-corrected chi connectivity index (χ4v) is 3.67. The van der Waals surface area contributed by atoms with Crippen LogP contribution in [0.5, 0.6) is 0 Å². The van der Waals surface area contributed by atoms with Gasteiger partial charge in [-0.3, -0.25) is 14.0 Å². The molecule has 30 heavy (non-hydrogen) atoms. The summed E-state index contributed by atoms with van der Waals surface area (Å²) in [7, 11) is 0. The van der Waals surface area contributed by atoms with Gasteiger partial charge in [-0.25, -0.2) is 4.98 Å². The van der Waals surface area contributed by atoms with E-state index in [2.05, 4.69) is 4.98 Å². The molecule has 1 atom stereocenters. The van der Waals surface area contributed by atoms with E-state index in [4.69, 9.17) is 0 Å². The van der Waals surface area contributed by atoms with Crippen LogP contribution in [-0.2, 0) is 5.92 Å². The maximum Gasteiger partial charge on any atom is 0.287 e. The monoisotopic (exact) mass is 413 g/mol. The number of halogens is 2. The van der Waals surface area contributed by atoms with Crippen molar-refractivity contribution in [2.24, 2.45) is 0 Å². The Balaban J connectivity index is 1.72. The number of aromatic nitrogens is 2. The third-order valence-corrected chi connectivity index (χ3v) is 5.32. The van der Waals surface area contributed by atoms with Gasteiger partial charge in [0.05, 0.1) is 5.60 Å². The predicted octanol–water partition coefficient (Wildman–Crippen LogP) is 3.07. The Bertz CT molecular complexity index is 1180. The molecule has 156 valence electrons. The van der Waals surface area contributed by atoms with Gasteiger partial charge in [-0.15, -0.1) is 0 Å². The Morgan fingerprint density at radius 2 is 1.93 bits per heavy atom. The van der Waals surface area contributed by atoms with Gasteiger partial charge in [0, 0.05) is 43.4 Å². The van der Waals surface area contributed by atoms with E-state index in [0.29, 0.717) is 36.6 Å². The second kappa shape index (κ2) is 6.98. The zero-order valence-electron chi connectivity index (χ0n) is 16.6. The second-order valence-electron chi connectivity index (χ2n) is 8.03. The Hall–Kier alpha value is -3.13. The van der Waals surface area contributed by atoms with Crippen LogP contribution < -0.4 is 5.56 Å². The molecule has 0 aliphatic carbocycles. The summed E-state index contributed by atoms with van der Waals surface area (Å²) in [6.45, 7) is 3.16. The molecule has 3 heterocycles. The molecule has 1 aromatic carbocycles. The molecule has 0 saturated carbocycles. The molecule has 0 radical (unpaired) electrons. The summed E-state index contributed by atoms with van der Waals surface area (Å²) in [5, 5.41) is 10.1.